The summed E-state index contributed by atoms with van der Waals surface area (Å²) in [5.74, 6) is -8.32. The van der Waals surface area contributed by atoms with Gasteiger partial charge in [0.25, 0.3) is 0 Å². The van der Waals surface area contributed by atoms with Crippen LogP contribution in [0.3, 0.4) is 0 Å². The van der Waals surface area contributed by atoms with Crippen molar-refractivity contribution in [1.29, 1.82) is 0 Å². The summed E-state index contributed by atoms with van der Waals surface area (Å²) in [6, 6.07) is 0. The summed E-state index contributed by atoms with van der Waals surface area (Å²) in [5, 5.41) is 205. The lowest BCUT2D eigenvalue weighted by Gasteiger charge is -2.50. The number of cyclic esters (lactones) is 1. The Morgan fingerprint density at radius 1 is 0.491 bits per heavy atom. The first-order chi connectivity index (χ1) is 50.8. The van der Waals surface area contributed by atoms with Gasteiger partial charge in [-0.05, 0) is 91.9 Å². The van der Waals surface area contributed by atoms with E-state index in [0.29, 0.717) is 32.1 Å². The molecule has 0 spiro atoms. The molecule has 7 rings (SSSR count). The third-order valence-electron chi connectivity index (χ3n) is 23.5. The second-order valence-electron chi connectivity index (χ2n) is 32.0. The maximum Gasteiger partial charge on any atom is 0.331 e. The van der Waals surface area contributed by atoms with Crippen LogP contribution in [0.25, 0.3) is 0 Å². The summed E-state index contributed by atoms with van der Waals surface area (Å²) in [6.45, 7) is 20.0. The highest BCUT2D eigenvalue weighted by Crippen LogP contribution is 2.42. The van der Waals surface area contributed by atoms with Crippen LogP contribution in [-0.2, 0) is 61.6 Å². The SMILES string of the molecule is CC[C@H](O[C@H]1CC[C@H](O[C@H]2CC[C@H](O)[C@@H](C)O2)[C@@H](C)O1)[C@H](C)[C@H](O)[C@@H](C)[C@H](O)[C@H](C)[C@@H]1C/C=C\C=C/[C@@H](O)C[C@H](O)[C@@H](C)[C@@H](O)C[C@H](O)[C@@H](C)[C@@H]2C[C@H](O)[C@@H](O)[C@](O)(C[C@@H](O[C@@H]3O[C@H](C)[C@@H](O)[C@H](O[C@H]4C[C@@H](O)[C@H](O)[C@@H](C)O4)[C@H]3O[C@@H]3O[C@H](C)[C@@H](O)[C@H](O)[C@H]3O)[C@H](C)CC[C@H](O)C[C@H](O)C/C=C\C=C/C(=O)O1)O2. The van der Waals surface area contributed by atoms with Crippen molar-refractivity contribution in [3.05, 3.63) is 48.6 Å². The monoisotopic (exact) mass is 1550 g/mol. The summed E-state index contributed by atoms with van der Waals surface area (Å²) in [4.78, 5) is 13.6. The van der Waals surface area contributed by atoms with E-state index in [4.69, 9.17) is 56.8 Å². The topological polar surface area (TPSA) is 492 Å². The fourth-order valence-corrected chi connectivity index (χ4v) is 15.6. The van der Waals surface area contributed by atoms with Crippen LogP contribution in [0.2, 0.25) is 0 Å². The first kappa shape index (κ1) is 92.4. The Kier molecular flexibility index (Phi) is 36.6. The molecule has 7 heterocycles. The van der Waals surface area contributed by atoms with Gasteiger partial charge in [-0.15, -0.1) is 0 Å². The minimum Gasteiger partial charge on any atom is -0.458 e. The number of fused-ring (bicyclic) bond motifs is 2. The number of carbonyl (C=O) groups excluding carboxylic acids is 1. The molecule has 0 radical (unpaired) electrons. The highest BCUT2D eigenvalue weighted by atomic mass is 16.8. The molecule has 41 atom stereocenters. The molecule has 0 aromatic heterocycles. The van der Waals surface area contributed by atoms with Gasteiger partial charge < -0.3 is 149 Å². The van der Waals surface area contributed by atoms with E-state index in [1.165, 1.54) is 58.9 Å². The minimum atomic E-state index is -2.72. The number of rotatable bonds is 17. The largest absolute Gasteiger partial charge is 0.458 e. The molecule has 2 bridgehead atoms. The normalized spacial score (nSPS) is 47.6. The predicted molar refractivity (Wildman–Crippen MR) is 384 cm³/mol. The smallest absolute Gasteiger partial charge is 0.331 e. The van der Waals surface area contributed by atoms with E-state index >= 15 is 0 Å². The third-order valence-corrected chi connectivity index (χ3v) is 23.5. The van der Waals surface area contributed by atoms with Crippen molar-refractivity contribution in [1.82, 2.24) is 0 Å². The van der Waals surface area contributed by atoms with Crippen LogP contribution in [0.4, 0.5) is 0 Å². The molecule has 31 nitrogen and oxygen atoms in total. The molecular weight excluding hydrogens is 1420 g/mol. The maximum atomic E-state index is 13.6. The summed E-state index contributed by atoms with van der Waals surface area (Å²) in [5.41, 5.74) is 0. The quantitative estimate of drug-likeness (QED) is 0.0891. The molecule has 0 amide bonds. The molecule has 0 unspecified atom stereocenters. The zero-order valence-corrected chi connectivity index (χ0v) is 64.7. The number of aliphatic hydroxyl groups is 18. The number of hydrogen-bond donors (Lipinski definition) is 18. The lowest BCUT2D eigenvalue weighted by Crippen LogP contribution is -2.65. The van der Waals surface area contributed by atoms with Crippen LogP contribution in [0.1, 0.15) is 179 Å². The van der Waals surface area contributed by atoms with Crippen LogP contribution < -0.4 is 0 Å². The molecule has 31 heteroatoms. The van der Waals surface area contributed by atoms with Crippen molar-refractivity contribution in [2.24, 2.45) is 35.5 Å². The van der Waals surface area contributed by atoms with E-state index in [1.54, 1.807) is 39.0 Å². The number of hydrogen-bond acceptors (Lipinski definition) is 31. The number of esters is 1. The van der Waals surface area contributed by atoms with E-state index in [9.17, 15) is 96.7 Å². The zero-order valence-electron chi connectivity index (χ0n) is 64.7. The first-order valence-corrected chi connectivity index (χ1v) is 39.2. The molecule has 6 fully saturated rings. The first-order valence-electron chi connectivity index (χ1n) is 39.2. The molecule has 0 saturated carbocycles. The molecule has 7 aliphatic heterocycles. The lowest BCUT2D eigenvalue weighted by atomic mass is 9.79. The van der Waals surface area contributed by atoms with E-state index in [2.05, 4.69) is 0 Å². The average molecular weight is 1550 g/mol. The number of aliphatic hydroxyl groups excluding tert-OH is 17. The van der Waals surface area contributed by atoms with Crippen molar-refractivity contribution >= 4 is 5.97 Å². The second kappa shape index (κ2) is 42.8. The molecule has 18 N–H and O–H groups in total. The van der Waals surface area contributed by atoms with Crippen molar-refractivity contribution < 1.29 is 154 Å². The van der Waals surface area contributed by atoms with Gasteiger partial charge in [0.1, 0.15) is 54.9 Å². The molecule has 0 aromatic carbocycles. The Balaban J connectivity index is 1.09. The lowest BCUT2D eigenvalue weighted by molar-refractivity contribution is -0.390. The van der Waals surface area contributed by atoms with Gasteiger partial charge >= 0.3 is 5.97 Å². The van der Waals surface area contributed by atoms with Crippen LogP contribution in [0.15, 0.2) is 48.6 Å². The Morgan fingerprint density at radius 3 is 1.79 bits per heavy atom. The minimum absolute atomic E-state index is 0.00606. The molecule has 0 aromatic rings. The van der Waals surface area contributed by atoms with Gasteiger partial charge in [0, 0.05) is 80.6 Å². The van der Waals surface area contributed by atoms with E-state index < -0.39 is 244 Å². The molecule has 0 aliphatic carbocycles. The van der Waals surface area contributed by atoms with Crippen LogP contribution in [0.5, 0.6) is 0 Å². The highest BCUT2D eigenvalue weighted by Gasteiger charge is 2.56. The van der Waals surface area contributed by atoms with Gasteiger partial charge in [0.15, 0.2) is 37.2 Å². The van der Waals surface area contributed by atoms with Crippen LogP contribution >= 0.6 is 0 Å². The zero-order chi connectivity index (χ0) is 79.9. The van der Waals surface area contributed by atoms with Crippen LogP contribution in [0, 0.1) is 35.5 Å². The Bertz CT molecular complexity index is 2740. The Hall–Kier alpha value is -2.73. The van der Waals surface area contributed by atoms with E-state index in [1.807, 2.05) is 27.7 Å². The highest BCUT2D eigenvalue weighted by molar-refractivity contribution is 5.82. The van der Waals surface area contributed by atoms with Crippen LogP contribution in [-0.4, -0.2) is 312 Å². The summed E-state index contributed by atoms with van der Waals surface area (Å²) in [6.07, 6.45) is -28.8. The summed E-state index contributed by atoms with van der Waals surface area (Å²) >= 11 is 0. The molecule has 6 saturated heterocycles. The van der Waals surface area contributed by atoms with Crippen molar-refractivity contribution in [3.63, 3.8) is 0 Å². The van der Waals surface area contributed by atoms with Gasteiger partial charge in [-0.2, -0.15) is 0 Å². The van der Waals surface area contributed by atoms with Crippen molar-refractivity contribution in [3.8, 4) is 0 Å². The predicted octanol–water partition coefficient (Wildman–Crippen LogP) is 0.697. The molecule has 108 heavy (non-hydrogen) atoms. The third kappa shape index (κ3) is 25.4. The van der Waals surface area contributed by atoms with Gasteiger partial charge in [0.2, 0.25) is 0 Å². The Morgan fingerprint density at radius 2 is 1.11 bits per heavy atom. The van der Waals surface area contributed by atoms with Crippen molar-refractivity contribution in [2.45, 2.75) is 394 Å². The Labute approximate surface area is 634 Å². The number of carbonyl (C=O) groups is 1. The average Bonchev–Trinajstić information content (AvgIpc) is 0.772. The summed E-state index contributed by atoms with van der Waals surface area (Å²) in [7, 11) is 0. The van der Waals surface area contributed by atoms with Gasteiger partial charge in [-0.25, -0.2) is 4.79 Å². The maximum absolute atomic E-state index is 13.6. The van der Waals surface area contributed by atoms with Gasteiger partial charge in [-0.3, -0.25) is 0 Å². The fourth-order valence-electron chi connectivity index (χ4n) is 15.6. The van der Waals surface area contributed by atoms with E-state index in [-0.39, 0.29) is 76.1 Å². The fraction of sp³-hybridized carbons (Fsp3) is 0.883. The van der Waals surface area contributed by atoms with Gasteiger partial charge in [-0.1, -0.05) is 91.0 Å². The van der Waals surface area contributed by atoms with Crippen molar-refractivity contribution in [2.75, 3.05) is 0 Å². The molecular formula is C77H132O31. The second-order valence-corrected chi connectivity index (χ2v) is 32.0. The van der Waals surface area contributed by atoms with Gasteiger partial charge in [0.05, 0.1) is 122 Å². The van der Waals surface area contributed by atoms with E-state index in [0.717, 1.165) is 6.08 Å². The summed E-state index contributed by atoms with van der Waals surface area (Å²) < 4.78 is 74.7. The molecule has 626 valence electrons. The number of allylic oxidation sites excluding steroid dienone is 4. The standard InChI is InChI=1S/C77H132O31/c1-13-56(103-63-29-27-58(43(9)98-63)104-62-28-26-50(81)42(8)97-62)39(5)65(88)41(7)66(89)40(6)57-22-18-14-16-21-48(79)31-51(82)37(3)52(83)32-53(84)38(4)59-33-55(86)74(95)77(96,108-59)35-60(36(2)24-25-49(80)30-47(78)20-17-15-19-23-61(87)102-57)105-76-73(107-75-71(94)70(93)68(91)45(11)100-75)72(69(92)46(12)101-76)106-64-34-54(85)67(90)44(10)99-64/h14-19,21,23,36-60,62-76,78-86,88-96H,13,20,22,24-35H2,1-12H3/b17-15-,18-14-,21-16-,23-19-/t36-,37-,38-,39+,40-,41-,42-,43-,44-,45-,46-,47-,48-,49+,50+,51+,52+,53+,54-,55+,56+,57+,58+,59+,60-,62+,63+,64+,65+,66-,67-,68-,69-,70+,71-,72+,73-,74-,75+,76+,77+/m1/s1. The number of ether oxygens (including phenoxy) is 12. The molecule has 7 aliphatic rings.